The van der Waals surface area contributed by atoms with Gasteiger partial charge in [0, 0.05) is 12.4 Å². The van der Waals surface area contributed by atoms with Crippen molar-refractivity contribution in [2.24, 2.45) is 5.73 Å². The molecular formula is C10H17N3. The van der Waals surface area contributed by atoms with Gasteiger partial charge in [0.25, 0.3) is 0 Å². The van der Waals surface area contributed by atoms with Crippen molar-refractivity contribution in [2.45, 2.75) is 39.2 Å². The fraction of sp³-hybridized carbons (Fsp3) is 0.600. The Hall–Kier alpha value is -0.960. The Morgan fingerprint density at radius 3 is 2.00 bits per heavy atom. The maximum Gasteiger partial charge on any atom is 0.147 e. The zero-order valence-corrected chi connectivity index (χ0v) is 8.70. The lowest BCUT2D eigenvalue weighted by Gasteiger charge is -2.16. The minimum atomic E-state index is -0.449. The normalized spacial score (nSPS) is 12.2. The molecule has 0 fully saturated rings. The summed E-state index contributed by atoms with van der Waals surface area (Å²) in [7, 11) is 0. The summed E-state index contributed by atoms with van der Waals surface area (Å²) in [5.41, 5.74) is 6.56. The molecule has 2 N–H and O–H groups in total. The lowest BCUT2D eigenvalue weighted by molar-refractivity contribution is 0.512. The van der Waals surface area contributed by atoms with Gasteiger partial charge in [0.05, 0.1) is 5.54 Å². The van der Waals surface area contributed by atoms with Gasteiger partial charge in [-0.1, -0.05) is 13.8 Å². The topological polar surface area (TPSA) is 51.8 Å². The largest absolute Gasteiger partial charge is 0.319 e. The molecule has 0 aliphatic carbocycles. The third-order valence-corrected chi connectivity index (χ3v) is 1.91. The van der Waals surface area contributed by atoms with Gasteiger partial charge in [-0.05, 0) is 25.3 Å². The predicted octanol–water partition coefficient (Wildman–Crippen LogP) is 1.79. The average molecular weight is 179 g/mol. The highest BCUT2D eigenvalue weighted by Gasteiger charge is 2.17. The second-order valence-corrected chi connectivity index (χ2v) is 4.22. The van der Waals surface area contributed by atoms with Crippen LogP contribution in [-0.2, 0) is 5.54 Å². The fourth-order valence-electron chi connectivity index (χ4n) is 0.969. The second-order valence-electron chi connectivity index (χ2n) is 4.22. The van der Waals surface area contributed by atoms with E-state index in [1.807, 2.05) is 26.2 Å². The van der Waals surface area contributed by atoms with Gasteiger partial charge in [-0.15, -0.1) is 0 Å². The second kappa shape index (κ2) is 3.42. The average Bonchev–Trinajstić information content (AvgIpc) is 2.03. The summed E-state index contributed by atoms with van der Waals surface area (Å²) in [6.07, 6.45) is 3.70. The predicted molar refractivity (Wildman–Crippen MR) is 53.3 cm³/mol. The van der Waals surface area contributed by atoms with Gasteiger partial charge in [-0.25, -0.2) is 9.97 Å². The Bertz CT molecular complexity index is 269. The number of nitrogens with zero attached hydrogens (tertiary/aromatic N) is 2. The molecule has 0 saturated carbocycles. The molecule has 72 valence electrons. The smallest absolute Gasteiger partial charge is 0.147 e. The van der Waals surface area contributed by atoms with E-state index in [2.05, 4.69) is 23.8 Å². The highest BCUT2D eigenvalue weighted by atomic mass is 14.9. The Morgan fingerprint density at radius 1 is 1.23 bits per heavy atom. The van der Waals surface area contributed by atoms with Crippen molar-refractivity contribution in [1.29, 1.82) is 0 Å². The van der Waals surface area contributed by atoms with Crippen LogP contribution in [0, 0.1) is 0 Å². The molecule has 0 bridgehead atoms. The molecule has 0 aliphatic rings. The lowest BCUT2D eigenvalue weighted by Crippen LogP contribution is -2.31. The van der Waals surface area contributed by atoms with Crippen molar-refractivity contribution in [1.82, 2.24) is 9.97 Å². The van der Waals surface area contributed by atoms with Crippen LogP contribution in [0.1, 0.15) is 45.0 Å². The third-order valence-electron chi connectivity index (χ3n) is 1.91. The van der Waals surface area contributed by atoms with E-state index in [9.17, 15) is 0 Å². The van der Waals surface area contributed by atoms with Crippen LogP contribution in [-0.4, -0.2) is 9.97 Å². The Kier molecular flexibility index (Phi) is 2.66. The molecule has 1 rings (SSSR count). The van der Waals surface area contributed by atoms with Crippen molar-refractivity contribution >= 4 is 0 Å². The van der Waals surface area contributed by atoms with E-state index < -0.39 is 5.54 Å². The Morgan fingerprint density at radius 2 is 1.69 bits per heavy atom. The quantitative estimate of drug-likeness (QED) is 0.753. The number of nitrogens with two attached hydrogens (primary N) is 1. The molecule has 0 amide bonds. The van der Waals surface area contributed by atoms with Gasteiger partial charge in [0.15, 0.2) is 0 Å². The minimum Gasteiger partial charge on any atom is -0.319 e. The van der Waals surface area contributed by atoms with E-state index in [1.54, 1.807) is 0 Å². The first-order valence-corrected chi connectivity index (χ1v) is 4.52. The Labute approximate surface area is 79.4 Å². The van der Waals surface area contributed by atoms with Crippen molar-refractivity contribution in [3.05, 3.63) is 23.8 Å². The number of rotatable bonds is 2. The minimum absolute atomic E-state index is 0.449. The number of hydrogen-bond acceptors (Lipinski definition) is 3. The first-order chi connectivity index (χ1) is 5.91. The van der Waals surface area contributed by atoms with Gasteiger partial charge in [-0.3, -0.25) is 0 Å². The molecule has 1 heterocycles. The molecule has 0 aromatic carbocycles. The molecule has 0 radical (unpaired) electrons. The van der Waals surface area contributed by atoms with Gasteiger partial charge < -0.3 is 5.73 Å². The monoisotopic (exact) mass is 179 g/mol. The van der Waals surface area contributed by atoms with Crippen molar-refractivity contribution in [2.75, 3.05) is 0 Å². The zero-order valence-electron chi connectivity index (χ0n) is 8.70. The first-order valence-electron chi connectivity index (χ1n) is 4.52. The lowest BCUT2D eigenvalue weighted by atomic mass is 10.0. The standard InChI is InChI=1S/C10H17N3/c1-7(2)8-5-12-9(13-6-8)10(3,4)11/h5-7H,11H2,1-4H3. The van der Waals surface area contributed by atoms with Crippen LogP contribution in [0.2, 0.25) is 0 Å². The van der Waals surface area contributed by atoms with Crippen LogP contribution in [0.5, 0.6) is 0 Å². The summed E-state index contributed by atoms with van der Waals surface area (Å²) in [4.78, 5) is 8.47. The number of hydrogen-bond donors (Lipinski definition) is 1. The first kappa shape index (κ1) is 10.1. The molecule has 13 heavy (non-hydrogen) atoms. The van der Waals surface area contributed by atoms with Gasteiger partial charge in [0.2, 0.25) is 0 Å². The van der Waals surface area contributed by atoms with E-state index in [1.165, 1.54) is 0 Å². The molecule has 0 atom stereocenters. The molecule has 3 nitrogen and oxygen atoms in total. The van der Waals surface area contributed by atoms with E-state index >= 15 is 0 Å². The van der Waals surface area contributed by atoms with Crippen molar-refractivity contribution in [3.63, 3.8) is 0 Å². The molecular weight excluding hydrogens is 162 g/mol. The van der Waals surface area contributed by atoms with Crippen LogP contribution < -0.4 is 5.73 Å². The fourth-order valence-corrected chi connectivity index (χ4v) is 0.969. The van der Waals surface area contributed by atoms with Crippen molar-refractivity contribution < 1.29 is 0 Å². The highest BCUT2D eigenvalue weighted by molar-refractivity contribution is 5.12. The summed E-state index contributed by atoms with van der Waals surface area (Å²) >= 11 is 0. The van der Waals surface area contributed by atoms with E-state index in [-0.39, 0.29) is 0 Å². The van der Waals surface area contributed by atoms with E-state index in [0.717, 1.165) is 5.56 Å². The summed E-state index contributed by atoms with van der Waals surface area (Å²) in [5, 5.41) is 0. The van der Waals surface area contributed by atoms with Crippen LogP contribution in [0.25, 0.3) is 0 Å². The highest BCUT2D eigenvalue weighted by Crippen LogP contribution is 2.15. The van der Waals surface area contributed by atoms with Gasteiger partial charge >= 0.3 is 0 Å². The van der Waals surface area contributed by atoms with Gasteiger partial charge in [0.1, 0.15) is 5.82 Å². The summed E-state index contributed by atoms with van der Waals surface area (Å²) in [6, 6.07) is 0. The molecule has 0 saturated heterocycles. The van der Waals surface area contributed by atoms with E-state index in [4.69, 9.17) is 5.73 Å². The van der Waals surface area contributed by atoms with E-state index in [0.29, 0.717) is 11.7 Å². The molecule has 1 aromatic heterocycles. The Balaban J connectivity index is 2.94. The zero-order chi connectivity index (χ0) is 10.1. The van der Waals surface area contributed by atoms with Crippen molar-refractivity contribution in [3.8, 4) is 0 Å². The molecule has 0 unspecified atom stereocenters. The maximum absolute atomic E-state index is 5.86. The third kappa shape index (κ3) is 2.49. The molecule has 3 heteroatoms. The van der Waals surface area contributed by atoms with Crippen LogP contribution >= 0.6 is 0 Å². The molecule has 0 spiro atoms. The summed E-state index contributed by atoms with van der Waals surface area (Å²) in [6.45, 7) is 8.03. The maximum atomic E-state index is 5.86. The number of aromatic nitrogens is 2. The summed E-state index contributed by atoms with van der Waals surface area (Å²) in [5.74, 6) is 1.16. The van der Waals surface area contributed by atoms with Gasteiger partial charge in [-0.2, -0.15) is 0 Å². The van der Waals surface area contributed by atoms with Crippen LogP contribution in [0.3, 0.4) is 0 Å². The van der Waals surface area contributed by atoms with Crippen LogP contribution in [0.4, 0.5) is 0 Å². The van der Waals surface area contributed by atoms with Crippen LogP contribution in [0.15, 0.2) is 12.4 Å². The summed E-state index contributed by atoms with van der Waals surface area (Å²) < 4.78 is 0. The molecule has 0 aliphatic heterocycles. The molecule has 1 aromatic rings. The SMILES string of the molecule is CC(C)c1cnc(C(C)(C)N)nc1.